The van der Waals surface area contributed by atoms with Crippen LogP contribution in [-0.2, 0) is 5.88 Å². The number of benzene rings is 1. The van der Waals surface area contributed by atoms with Gasteiger partial charge in [0.05, 0.1) is 12.2 Å². The zero-order valence-corrected chi connectivity index (χ0v) is 11.5. The Balaban J connectivity index is 3.04. The monoisotopic (exact) mass is 304 g/mol. The Bertz CT molecular complexity index is 366. The van der Waals surface area contributed by atoms with Gasteiger partial charge in [-0.2, -0.15) is 0 Å². The molecule has 0 N–H and O–H groups in total. The fourth-order valence-electron chi connectivity index (χ4n) is 1.38. The number of hydrogen-bond acceptors (Lipinski definition) is 2. The van der Waals surface area contributed by atoms with E-state index in [-0.39, 0.29) is 5.78 Å². The summed E-state index contributed by atoms with van der Waals surface area (Å²) in [4.78, 5) is 11.9. The Morgan fingerprint density at radius 2 is 2.25 bits per heavy atom. The highest BCUT2D eigenvalue weighted by molar-refractivity contribution is 9.09. The first-order chi connectivity index (χ1) is 7.72. The van der Waals surface area contributed by atoms with E-state index in [0.717, 1.165) is 5.56 Å². The molecule has 88 valence electrons. The van der Waals surface area contributed by atoms with Gasteiger partial charge in [0.15, 0.2) is 5.78 Å². The first-order valence-corrected chi connectivity index (χ1v) is 6.79. The maximum Gasteiger partial charge on any atom is 0.167 e. The summed E-state index contributed by atoms with van der Waals surface area (Å²) in [6.45, 7) is 2.45. The number of rotatable bonds is 6. The molecule has 0 aliphatic carbocycles. The summed E-state index contributed by atoms with van der Waals surface area (Å²) in [5.41, 5.74) is 1.56. The van der Waals surface area contributed by atoms with E-state index in [9.17, 15) is 4.79 Å². The number of ketones is 1. The molecule has 0 fully saturated rings. The summed E-state index contributed by atoms with van der Waals surface area (Å²) in [5, 5.41) is 0.655. The van der Waals surface area contributed by atoms with Gasteiger partial charge in [-0.15, -0.1) is 11.6 Å². The van der Waals surface area contributed by atoms with Crippen molar-refractivity contribution in [1.82, 2.24) is 0 Å². The van der Waals surface area contributed by atoms with Gasteiger partial charge in [0.25, 0.3) is 0 Å². The molecule has 0 atom stereocenters. The zero-order valence-electron chi connectivity index (χ0n) is 9.13. The van der Waals surface area contributed by atoms with Crippen LogP contribution in [0.2, 0.25) is 0 Å². The van der Waals surface area contributed by atoms with Gasteiger partial charge in [-0.05, 0) is 24.6 Å². The van der Waals surface area contributed by atoms with Gasteiger partial charge in [-0.1, -0.05) is 22.0 Å². The Kier molecular flexibility index (Phi) is 5.85. The number of alkyl halides is 2. The molecule has 4 heteroatoms. The van der Waals surface area contributed by atoms with E-state index in [1.165, 1.54) is 0 Å². The van der Waals surface area contributed by atoms with Crippen molar-refractivity contribution in [3.63, 3.8) is 0 Å². The van der Waals surface area contributed by atoms with Gasteiger partial charge in [0.2, 0.25) is 0 Å². The van der Waals surface area contributed by atoms with E-state index in [2.05, 4.69) is 15.9 Å². The smallest absolute Gasteiger partial charge is 0.167 e. The quantitative estimate of drug-likeness (QED) is 0.590. The lowest BCUT2D eigenvalue weighted by molar-refractivity contribution is 0.0986. The third-order valence-corrected chi connectivity index (χ3v) is 2.83. The van der Waals surface area contributed by atoms with Gasteiger partial charge >= 0.3 is 0 Å². The van der Waals surface area contributed by atoms with Crippen LogP contribution in [0.25, 0.3) is 0 Å². The lowest BCUT2D eigenvalue weighted by Gasteiger charge is -2.10. The molecule has 0 heterocycles. The normalized spacial score (nSPS) is 10.2. The molecule has 16 heavy (non-hydrogen) atoms. The van der Waals surface area contributed by atoms with Gasteiger partial charge in [-0.25, -0.2) is 0 Å². The molecule has 0 unspecified atom stereocenters. The third-order valence-electron chi connectivity index (χ3n) is 2.12. The third kappa shape index (κ3) is 3.49. The van der Waals surface area contributed by atoms with Crippen molar-refractivity contribution in [2.24, 2.45) is 0 Å². The topological polar surface area (TPSA) is 26.3 Å². The number of halogens is 2. The van der Waals surface area contributed by atoms with Gasteiger partial charge < -0.3 is 4.74 Å². The lowest BCUT2D eigenvalue weighted by Crippen LogP contribution is -2.05. The van der Waals surface area contributed by atoms with Crippen LogP contribution in [0.3, 0.4) is 0 Å². The van der Waals surface area contributed by atoms with E-state index in [0.29, 0.717) is 35.6 Å². The Labute approximate surface area is 109 Å². The summed E-state index contributed by atoms with van der Waals surface area (Å²) >= 11 is 9.01. The molecule has 0 bridgehead atoms. The molecule has 0 saturated carbocycles. The zero-order chi connectivity index (χ0) is 12.0. The highest BCUT2D eigenvalue weighted by Gasteiger charge is 2.12. The fourth-order valence-corrected chi connectivity index (χ4v) is 1.91. The Morgan fingerprint density at radius 1 is 1.50 bits per heavy atom. The standard InChI is InChI=1S/C12H14BrClO2/c1-2-16-12-4-3-9(8-14)7-10(12)11(15)5-6-13/h3-4,7H,2,5-6,8H2,1H3. The minimum atomic E-state index is 0.0762. The second-order valence-corrected chi connectivity index (χ2v) is 4.32. The second-order valence-electron chi connectivity index (χ2n) is 3.26. The summed E-state index contributed by atoms with van der Waals surface area (Å²) in [6, 6.07) is 5.49. The summed E-state index contributed by atoms with van der Waals surface area (Å²) in [6.07, 6.45) is 0.464. The van der Waals surface area contributed by atoms with Crippen LogP contribution >= 0.6 is 27.5 Å². The molecule has 0 amide bonds. The first kappa shape index (κ1) is 13.5. The van der Waals surface area contributed by atoms with Crippen LogP contribution in [0, 0.1) is 0 Å². The summed E-state index contributed by atoms with van der Waals surface area (Å²) in [5.74, 6) is 1.12. The lowest BCUT2D eigenvalue weighted by atomic mass is 10.0. The first-order valence-electron chi connectivity index (χ1n) is 5.13. The van der Waals surface area contributed by atoms with Crippen LogP contribution in [0.5, 0.6) is 5.75 Å². The molecule has 1 aromatic rings. The van der Waals surface area contributed by atoms with Crippen molar-refractivity contribution in [2.75, 3.05) is 11.9 Å². The largest absolute Gasteiger partial charge is 0.493 e. The number of ether oxygens (including phenoxy) is 1. The highest BCUT2D eigenvalue weighted by atomic mass is 79.9. The van der Waals surface area contributed by atoms with Gasteiger partial charge in [0.1, 0.15) is 5.75 Å². The van der Waals surface area contributed by atoms with Crippen molar-refractivity contribution in [3.8, 4) is 5.75 Å². The Morgan fingerprint density at radius 3 is 2.81 bits per heavy atom. The van der Waals surface area contributed by atoms with Crippen molar-refractivity contribution >= 4 is 33.3 Å². The molecule has 0 aromatic heterocycles. The summed E-state index contributed by atoms with van der Waals surface area (Å²) in [7, 11) is 0. The molecular formula is C12H14BrClO2. The van der Waals surface area contributed by atoms with Crippen molar-refractivity contribution < 1.29 is 9.53 Å². The molecule has 1 aromatic carbocycles. The average Bonchev–Trinajstić information content (AvgIpc) is 2.30. The highest BCUT2D eigenvalue weighted by Crippen LogP contribution is 2.23. The molecule has 1 rings (SSSR count). The van der Waals surface area contributed by atoms with Crippen molar-refractivity contribution in [2.45, 2.75) is 19.2 Å². The van der Waals surface area contributed by atoms with E-state index in [1.807, 2.05) is 25.1 Å². The SMILES string of the molecule is CCOc1ccc(CCl)cc1C(=O)CCBr. The van der Waals surface area contributed by atoms with Crippen LogP contribution < -0.4 is 4.74 Å². The molecule has 2 nitrogen and oxygen atoms in total. The molecular weight excluding hydrogens is 291 g/mol. The van der Waals surface area contributed by atoms with Crippen LogP contribution in [0.4, 0.5) is 0 Å². The minimum absolute atomic E-state index is 0.0762. The Hall–Kier alpha value is -0.540. The van der Waals surface area contributed by atoms with Crippen molar-refractivity contribution in [3.05, 3.63) is 29.3 Å². The number of carbonyl (C=O) groups is 1. The minimum Gasteiger partial charge on any atom is -0.493 e. The van der Waals surface area contributed by atoms with Gasteiger partial charge in [0, 0.05) is 17.6 Å². The van der Waals surface area contributed by atoms with E-state index in [1.54, 1.807) is 0 Å². The predicted octanol–water partition coefficient (Wildman–Crippen LogP) is 3.79. The molecule has 0 spiro atoms. The van der Waals surface area contributed by atoms with E-state index >= 15 is 0 Å². The predicted molar refractivity (Wildman–Crippen MR) is 69.9 cm³/mol. The maximum absolute atomic E-state index is 11.9. The van der Waals surface area contributed by atoms with Crippen LogP contribution in [-0.4, -0.2) is 17.7 Å². The van der Waals surface area contributed by atoms with Crippen LogP contribution in [0.15, 0.2) is 18.2 Å². The van der Waals surface area contributed by atoms with E-state index < -0.39 is 0 Å². The number of hydrogen-bond donors (Lipinski definition) is 0. The van der Waals surface area contributed by atoms with E-state index in [4.69, 9.17) is 16.3 Å². The maximum atomic E-state index is 11.9. The van der Waals surface area contributed by atoms with Gasteiger partial charge in [-0.3, -0.25) is 4.79 Å². The number of carbonyl (C=O) groups excluding carboxylic acids is 1. The molecule has 0 aliphatic heterocycles. The fraction of sp³-hybridized carbons (Fsp3) is 0.417. The summed E-state index contributed by atoms with van der Waals surface area (Å²) < 4.78 is 5.42. The van der Waals surface area contributed by atoms with Crippen LogP contribution in [0.1, 0.15) is 29.3 Å². The molecule has 0 aliphatic rings. The number of Topliss-reactive ketones (excluding diaryl/α,β-unsaturated/α-hetero) is 1. The molecule has 0 radical (unpaired) electrons. The molecule has 0 saturated heterocycles. The average molecular weight is 306 g/mol. The van der Waals surface area contributed by atoms with Crippen molar-refractivity contribution in [1.29, 1.82) is 0 Å². The second kappa shape index (κ2) is 6.92.